The van der Waals surface area contributed by atoms with Crippen LogP contribution in [-0.2, 0) is 15.8 Å². The van der Waals surface area contributed by atoms with E-state index in [2.05, 4.69) is 9.62 Å². The Balaban J connectivity index is 1.67. The van der Waals surface area contributed by atoms with Crippen LogP contribution in [0.15, 0.2) is 47.1 Å². The standard InChI is InChI=1S/C19H25ClN2O3S/c20-17-9-7-16(8-10-17)15-26(23,24)21-14-18(19-6-5-13-25-19)22-11-3-1-2-4-12-22/h5-10,13,18,21H,1-4,11-12,14-15H2. The number of sulfonamides is 1. The maximum absolute atomic E-state index is 12.5. The number of hydrogen-bond donors (Lipinski definition) is 1. The molecule has 1 aromatic carbocycles. The molecule has 1 aromatic heterocycles. The predicted octanol–water partition coefficient (Wildman–Crippen LogP) is 3.97. The lowest BCUT2D eigenvalue weighted by molar-refractivity contribution is 0.182. The van der Waals surface area contributed by atoms with Crippen LogP contribution in [-0.4, -0.2) is 33.0 Å². The fourth-order valence-corrected chi connectivity index (χ4v) is 4.63. The molecule has 2 aromatic rings. The summed E-state index contributed by atoms with van der Waals surface area (Å²) in [5.74, 6) is 0.746. The number of benzene rings is 1. The normalized spacial score (nSPS) is 17.7. The van der Waals surface area contributed by atoms with E-state index in [0.29, 0.717) is 17.1 Å². The summed E-state index contributed by atoms with van der Waals surface area (Å²) in [4.78, 5) is 2.33. The van der Waals surface area contributed by atoms with Gasteiger partial charge in [0.1, 0.15) is 5.76 Å². The van der Waals surface area contributed by atoms with Crippen LogP contribution in [0.3, 0.4) is 0 Å². The quantitative estimate of drug-likeness (QED) is 0.769. The van der Waals surface area contributed by atoms with Crippen LogP contribution in [0.1, 0.15) is 43.0 Å². The summed E-state index contributed by atoms with van der Waals surface area (Å²) in [5, 5.41) is 0.596. The number of hydrogen-bond acceptors (Lipinski definition) is 4. The van der Waals surface area contributed by atoms with Crippen molar-refractivity contribution < 1.29 is 12.8 Å². The van der Waals surface area contributed by atoms with Crippen LogP contribution in [0.2, 0.25) is 5.02 Å². The van der Waals surface area contributed by atoms with Gasteiger partial charge in [-0.2, -0.15) is 0 Å². The zero-order chi connectivity index (χ0) is 18.4. The fraction of sp³-hybridized carbons (Fsp3) is 0.474. The van der Waals surface area contributed by atoms with Gasteiger partial charge in [-0.15, -0.1) is 0 Å². The molecular weight excluding hydrogens is 372 g/mol. The minimum atomic E-state index is -3.44. The molecule has 5 nitrogen and oxygen atoms in total. The van der Waals surface area contributed by atoms with E-state index in [1.54, 1.807) is 30.5 Å². The Hall–Kier alpha value is -1.34. The molecular formula is C19H25ClN2O3S. The summed E-state index contributed by atoms with van der Waals surface area (Å²) in [6.45, 7) is 2.23. The van der Waals surface area contributed by atoms with Crippen LogP contribution >= 0.6 is 11.6 Å². The van der Waals surface area contributed by atoms with Crippen LogP contribution < -0.4 is 4.72 Å². The Bertz CT molecular complexity index is 768. The maximum atomic E-state index is 12.5. The van der Waals surface area contributed by atoms with Crippen molar-refractivity contribution in [3.63, 3.8) is 0 Å². The van der Waals surface area contributed by atoms with E-state index in [1.165, 1.54) is 12.8 Å². The van der Waals surface area contributed by atoms with Gasteiger partial charge in [0.2, 0.25) is 10.0 Å². The van der Waals surface area contributed by atoms with Crippen molar-refractivity contribution in [2.24, 2.45) is 0 Å². The van der Waals surface area contributed by atoms with Crippen molar-refractivity contribution in [3.8, 4) is 0 Å². The highest BCUT2D eigenvalue weighted by Gasteiger charge is 2.25. The number of nitrogens with one attached hydrogen (secondary N) is 1. The molecule has 0 amide bonds. The lowest BCUT2D eigenvalue weighted by Gasteiger charge is -2.29. The van der Waals surface area contributed by atoms with E-state index in [4.69, 9.17) is 16.0 Å². The summed E-state index contributed by atoms with van der Waals surface area (Å²) < 4.78 is 33.4. The highest BCUT2D eigenvalue weighted by molar-refractivity contribution is 7.88. The largest absolute Gasteiger partial charge is 0.468 e. The van der Waals surface area contributed by atoms with Crippen molar-refractivity contribution in [1.82, 2.24) is 9.62 Å². The molecule has 0 spiro atoms. The summed E-state index contributed by atoms with van der Waals surface area (Å²) in [5.41, 5.74) is 0.714. The first-order chi connectivity index (χ1) is 12.5. The first-order valence-electron chi connectivity index (χ1n) is 9.03. The lowest BCUT2D eigenvalue weighted by atomic mass is 10.2. The second-order valence-corrected chi connectivity index (χ2v) is 8.96. The monoisotopic (exact) mass is 396 g/mol. The topological polar surface area (TPSA) is 62.6 Å². The van der Waals surface area contributed by atoms with Crippen LogP contribution in [0.5, 0.6) is 0 Å². The van der Waals surface area contributed by atoms with Gasteiger partial charge in [-0.25, -0.2) is 13.1 Å². The molecule has 0 aliphatic carbocycles. The smallest absolute Gasteiger partial charge is 0.215 e. The van der Waals surface area contributed by atoms with Crippen molar-refractivity contribution in [2.75, 3.05) is 19.6 Å². The Morgan fingerprint density at radius 2 is 1.77 bits per heavy atom. The second-order valence-electron chi connectivity index (χ2n) is 6.72. The first kappa shape index (κ1) is 19.4. The number of halogens is 1. The summed E-state index contributed by atoms with van der Waals surface area (Å²) in [6, 6.07) is 10.6. The van der Waals surface area contributed by atoms with Crippen molar-refractivity contribution in [2.45, 2.75) is 37.5 Å². The molecule has 26 heavy (non-hydrogen) atoms. The van der Waals surface area contributed by atoms with Crippen LogP contribution in [0.4, 0.5) is 0 Å². The molecule has 1 aliphatic heterocycles. The van der Waals surface area contributed by atoms with E-state index in [9.17, 15) is 8.42 Å². The summed E-state index contributed by atoms with van der Waals surface area (Å²) >= 11 is 5.86. The average molecular weight is 397 g/mol. The van der Waals surface area contributed by atoms with E-state index < -0.39 is 10.0 Å². The second kappa shape index (κ2) is 9.04. The van der Waals surface area contributed by atoms with Crippen molar-refractivity contribution in [3.05, 3.63) is 59.0 Å². The third kappa shape index (κ3) is 5.58. The molecule has 2 heterocycles. The maximum Gasteiger partial charge on any atom is 0.215 e. The molecule has 1 saturated heterocycles. The summed E-state index contributed by atoms with van der Waals surface area (Å²) in [6.07, 6.45) is 6.36. The molecule has 1 N–H and O–H groups in total. The number of likely N-dealkylation sites (tertiary alicyclic amines) is 1. The van der Waals surface area contributed by atoms with Gasteiger partial charge < -0.3 is 4.42 Å². The molecule has 0 bridgehead atoms. The minimum Gasteiger partial charge on any atom is -0.468 e. The average Bonchev–Trinajstić information content (AvgIpc) is 3.00. The van der Waals surface area contributed by atoms with Crippen molar-refractivity contribution >= 4 is 21.6 Å². The van der Waals surface area contributed by atoms with E-state index in [0.717, 1.165) is 31.7 Å². The van der Waals surface area contributed by atoms with E-state index in [-0.39, 0.29) is 11.8 Å². The van der Waals surface area contributed by atoms with Gasteiger partial charge in [-0.05, 0) is 55.8 Å². The molecule has 1 atom stereocenters. The molecule has 0 radical (unpaired) electrons. The highest BCUT2D eigenvalue weighted by atomic mass is 35.5. The Morgan fingerprint density at radius 3 is 2.38 bits per heavy atom. The third-order valence-electron chi connectivity index (χ3n) is 4.72. The van der Waals surface area contributed by atoms with Gasteiger partial charge in [0, 0.05) is 11.6 Å². The van der Waals surface area contributed by atoms with Gasteiger partial charge in [-0.1, -0.05) is 36.6 Å². The molecule has 1 aliphatic rings. The SMILES string of the molecule is O=S(=O)(Cc1ccc(Cl)cc1)NCC(c1ccco1)N1CCCCCC1. The van der Waals surface area contributed by atoms with Crippen LogP contribution in [0, 0.1) is 0 Å². The highest BCUT2D eigenvalue weighted by Crippen LogP contribution is 2.24. The van der Waals surface area contributed by atoms with E-state index >= 15 is 0 Å². The molecule has 0 saturated carbocycles. The van der Waals surface area contributed by atoms with Crippen LogP contribution in [0.25, 0.3) is 0 Å². The Kier molecular flexibility index (Phi) is 6.75. The van der Waals surface area contributed by atoms with Gasteiger partial charge >= 0.3 is 0 Å². The zero-order valence-electron chi connectivity index (χ0n) is 14.7. The van der Waals surface area contributed by atoms with Gasteiger partial charge in [0.05, 0.1) is 18.1 Å². The Labute approximate surface area is 160 Å². The molecule has 1 fully saturated rings. The van der Waals surface area contributed by atoms with Gasteiger partial charge in [-0.3, -0.25) is 4.90 Å². The minimum absolute atomic E-state index is 0.0605. The number of rotatable bonds is 7. The first-order valence-corrected chi connectivity index (χ1v) is 11.1. The van der Waals surface area contributed by atoms with E-state index in [1.807, 2.05) is 12.1 Å². The van der Waals surface area contributed by atoms with Gasteiger partial charge in [0.15, 0.2) is 0 Å². The fourth-order valence-electron chi connectivity index (χ4n) is 3.35. The zero-order valence-corrected chi connectivity index (χ0v) is 16.3. The molecule has 3 rings (SSSR count). The third-order valence-corrected chi connectivity index (χ3v) is 6.29. The molecule has 7 heteroatoms. The summed E-state index contributed by atoms with van der Waals surface area (Å²) in [7, 11) is -3.44. The number of furan rings is 1. The number of nitrogens with zero attached hydrogens (tertiary/aromatic N) is 1. The lowest BCUT2D eigenvalue weighted by Crippen LogP contribution is -2.38. The van der Waals surface area contributed by atoms with Crippen molar-refractivity contribution in [1.29, 1.82) is 0 Å². The molecule has 1 unspecified atom stereocenters. The van der Waals surface area contributed by atoms with Gasteiger partial charge in [0.25, 0.3) is 0 Å². The predicted molar refractivity (Wildman–Crippen MR) is 104 cm³/mol. The Morgan fingerprint density at radius 1 is 1.08 bits per heavy atom. The molecule has 142 valence electrons.